The summed E-state index contributed by atoms with van der Waals surface area (Å²) in [6, 6.07) is 5.23. The molecule has 0 fully saturated rings. The summed E-state index contributed by atoms with van der Waals surface area (Å²) in [5.41, 5.74) is 0.572. The molecule has 1 aromatic carbocycles. The minimum atomic E-state index is -0.0758. The van der Waals surface area contributed by atoms with Gasteiger partial charge in [0.25, 0.3) is 5.91 Å². The van der Waals surface area contributed by atoms with Crippen LogP contribution in [0.3, 0.4) is 0 Å². The van der Waals surface area contributed by atoms with Crippen molar-refractivity contribution in [3.8, 4) is 11.5 Å². The molecule has 0 heterocycles. The van der Waals surface area contributed by atoms with E-state index in [0.717, 1.165) is 13.0 Å². The van der Waals surface area contributed by atoms with Gasteiger partial charge in [-0.25, -0.2) is 0 Å². The number of carbonyl (C=O) groups excluding carboxylic acids is 1. The van der Waals surface area contributed by atoms with Crippen LogP contribution in [0.25, 0.3) is 0 Å². The van der Waals surface area contributed by atoms with E-state index in [1.165, 1.54) is 57.8 Å². The molecule has 1 aromatic rings. The molecule has 0 saturated heterocycles. The molecule has 0 aliphatic heterocycles. The fourth-order valence-electron chi connectivity index (χ4n) is 2.85. The maximum Gasteiger partial charge on any atom is 0.251 e. The van der Waals surface area contributed by atoms with Gasteiger partial charge in [-0.15, -0.1) is 0 Å². The Bertz CT molecular complexity index is 466. The highest BCUT2D eigenvalue weighted by molar-refractivity contribution is 5.95. The number of rotatable bonds is 14. The molecular formula is C21H35NO3. The Morgan fingerprint density at radius 2 is 1.28 bits per heavy atom. The first-order valence-electron chi connectivity index (χ1n) is 9.72. The van der Waals surface area contributed by atoms with Gasteiger partial charge in [-0.05, 0) is 18.6 Å². The summed E-state index contributed by atoms with van der Waals surface area (Å²) >= 11 is 0. The number of methoxy groups -OCH3 is 2. The van der Waals surface area contributed by atoms with E-state index in [1.54, 1.807) is 32.4 Å². The highest BCUT2D eigenvalue weighted by Crippen LogP contribution is 2.22. The van der Waals surface area contributed by atoms with Gasteiger partial charge in [0.15, 0.2) is 0 Å². The number of amides is 1. The molecule has 25 heavy (non-hydrogen) atoms. The first-order valence-corrected chi connectivity index (χ1v) is 9.72. The number of ether oxygens (including phenoxy) is 2. The average molecular weight is 350 g/mol. The van der Waals surface area contributed by atoms with Crippen LogP contribution in [0.4, 0.5) is 0 Å². The predicted molar refractivity (Wildman–Crippen MR) is 104 cm³/mol. The van der Waals surface area contributed by atoms with Gasteiger partial charge in [-0.3, -0.25) is 4.79 Å². The number of carbonyl (C=O) groups is 1. The summed E-state index contributed by atoms with van der Waals surface area (Å²) in [5.74, 6) is 1.18. The Morgan fingerprint density at radius 1 is 0.800 bits per heavy atom. The predicted octanol–water partition coefficient (Wildman–Crippen LogP) is 5.35. The van der Waals surface area contributed by atoms with E-state index >= 15 is 0 Å². The van der Waals surface area contributed by atoms with Gasteiger partial charge in [-0.2, -0.15) is 0 Å². The number of benzene rings is 1. The zero-order valence-corrected chi connectivity index (χ0v) is 16.2. The summed E-state index contributed by atoms with van der Waals surface area (Å²) in [7, 11) is 3.17. The van der Waals surface area contributed by atoms with Gasteiger partial charge in [-0.1, -0.05) is 64.7 Å². The molecule has 0 bridgehead atoms. The van der Waals surface area contributed by atoms with Crippen LogP contribution in [0, 0.1) is 0 Å². The van der Waals surface area contributed by atoms with Crippen molar-refractivity contribution in [2.45, 2.75) is 71.1 Å². The lowest BCUT2D eigenvalue weighted by Gasteiger charge is -2.09. The third-order valence-electron chi connectivity index (χ3n) is 4.43. The van der Waals surface area contributed by atoms with E-state index in [4.69, 9.17) is 9.47 Å². The minimum absolute atomic E-state index is 0.0758. The lowest BCUT2D eigenvalue weighted by atomic mass is 10.1. The Labute approximate surface area is 153 Å². The van der Waals surface area contributed by atoms with Crippen LogP contribution in [0.5, 0.6) is 11.5 Å². The van der Waals surface area contributed by atoms with Gasteiger partial charge in [0.1, 0.15) is 11.5 Å². The van der Waals surface area contributed by atoms with Gasteiger partial charge in [0.05, 0.1) is 14.2 Å². The SMILES string of the molecule is CCCCCCCCCCCCNC(=O)c1cc(OC)cc(OC)c1. The van der Waals surface area contributed by atoms with Crippen LogP contribution >= 0.6 is 0 Å². The topological polar surface area (TPSA) is 47.6 Å². The Kier molecular flexibility index (Phi) is 11.6. The monoisotopic (exact) mass is 349 g/mol. The molecule has 0 aliphatic rings. The number of unbranched alkanes of at least 4 members (excludes halogenated alkanes) is 9. The van der Waals surface area contributed by atoms with Crippen molar-refractivity contribution in [1.82, 2.24) is 5.32 Å². The molecule has 4 heteroatoms. The van der Waals surface area contributed by atoms with Crippen molar-refractivity contribution in [2.75, 3.05) is 20.8 Å². The average Bonchev–Trinajstić information content (AvgIpc) is 2.65. The maximum atomic E-state index is 12.2. The second-order valence-corrected chi connectivity index (χ2v) is 6.54. The van der Waals surface area contributed by atoms with Crippen LogP contribution in [0.1, 0.15) is 81.5 Å². The molecular weight excluding hydrogens is 314 g/mol. The Morgan fingerprint density at radius 3 is 1.76 bits per heavy atom. The quantitative estimate of drug-likeness (QED) is 0.460. The summed E-state index contributed by atoms with van der Waals surface area (Å²) in [6.45, 7) is 2.97. The highest BCUT2D eigenvalue weighted by atomic mass is 16.5. The number of hydrogen-bond donors (Lipinski definition) is 1. The Hall–Kier alpha value is -1.71. The number of hydrogen-bond acceptors (Lipinski definition) is 3. The largest absolute Gasteiger partial charge is 0.497 e. The lowest BCUT2D eigenvalue weighted by molar-refractivity contribution is 0.0952. The fraction of sp³-hybridized carbons (Fsp3) is 0.667. The third-order valence-corrected chi connectivity index (χ3v) is 4.43. The van der Waals surface area contributed by atoms with Crippen molar-refractivity contribution in [1.29, 1.82) is 0 Å². The molecule has 0 saturated carbocycles. The third kappa shape index (κ3) is 9.37. The molecule has 0 atom stereocenters. The first kappa shape index (κ1) is 21.3. The van der Waals surface area contributed by atoms with Gasteiger partial charge in [0, 0.05) is 18.2 Å². The molecule has 1 rings (SSSR count). The molecule has 4 nitrogen and oxygen atoms in total. The zero-order chi connectivity index (χ0) is 18.3. The minimum Gasteiger partial charge on any atom is -0.497 e. The second-order valence-electron chi connectivity index (χ2n) is 6.54. The van der Waals surface area contributed by atoms with Gasteiger partial charge < -0.3 is 14.8 Å². The molecule has 0 unspecified atom stereocenters. The van der Waals surface area contributed by atoms with Gasteiger partial charge in [0.2, 0.25) is 0 Å². The highest BCUT2D eigenvalue weighted by Gasteiger charge is 2.09. The van der Waals surface area contributed by atoms with Crippen molar-refractivity contribution < 1.29 is 14.3 Å². The molecule has 0 spiro atoms. The fourth-order valence-corrected chi connectivity index (χ4v) is 2.85. The van der Waals surface area contributed by atoms with Crippen LogP contribution in [0.2, 0.25) is 0 Å². The normalized spacial score (nSPS) is 10.5. The van der Waals surface area contributed by atoms with Crippen molar-refractivity contribution in [3.05, 3.63) is 23.8 Å². The Balaban J connectivity index is 2.13. The number of nitrogens with one attached hydrogen (secondary N) is 1. The summed E-state index contributed by atoms with van der Waals surface area (Å²) in [4.78, 5) is 12.2. The molecule has 142 valence electrons. The van der Waals surface area contributed by atoms with Crippen LogP contribution in [0.15, 0.2) is 18.2 Å². The lowest BCUT2D eigenvalue weighted by Crippen LogP contribution is -2.24. The molecule has 1 N–H and O–H groups in total. The van der Waals surface area contributed by atoms with E-state index in [0.29, 0.717) is 17.1 Å². The molecule has 0 aliphatic carbocycles. The second kappa shape index (κ2) is 13.6. The molecule has 1 amide bonds. The van der Waals surface area contributed by atoms with E-state index in [1.807, 2.05) is 0 Å². The van der Waals surface area contributed by atoms with Gasteiger partial charge >= 0.3 is 0 Å². The van der Waals surface area contributed by atoms with Crippen LogP contribution in [-0.2, 0) is 0 Å². The standard InChI is InChI=1S/C21H35NO3/c1-4-5-6-7-8-9-10-11-12-13-14-22-21(23)18-15-19(24-2)17-20(16-18)25-3/h15-17H,4-14H2,1-3H3,(H,22,23). The summed E-state index contributed by atoms with van der Waals surface area (Å²) < 4.78 is 10.4. The smallest absolute Gasteiger partial charge is 0.251 e. The van der Waals surface area contributed by atoms with E-state index in [2.05, 4.69) is 12.2 Å². The van der Waals surface area contributed by atoms with Crippen molar-refractivity contribution >= 4 is 5.91 Å². The van der Waals surface area contributed by atoms with E-state index in [-0.39, 0.29) is 5.91 Å². The first-order chi connectivity index (χ1) is 12.2. The van der Waals surface area contributed by atoms with Crippen LogP contribution < -0.4 is 14.8 Å². The molecule has 0 radical (unpaired) electrons. The summed E-state index contributed by atoms with van der Waals surface area (Å²) in [6.07, 6.45) is 13.0. The summed E-state index contributed by atoms with van der Waals surface area (Å²) in [5, 5.41) is 2.98. The van der Waals surface area contributed by atoms with E-state index < -0.39 is 0 Å². The van der Waals surface area contributed by atoms with Crippen molar-refractivity contribution in [2.24, 2.45) is 0 Å². The van der Waals surface area contributed by atoms with E-state index in [9.17, 15) is 4.79 Å². The van der Waals surface area contributed by atoms with Crippen LogP contribution in [-0.4, -0.2) is 26.7 Å². The molecule has 0 aromatic heterocycles. The zero-order valence-electron chi connectivity index (χ0n) is 16.2. The maximum absolute atomic E-state index is 12.2. The van der Waals surface area contributed by atoms with Crippen molar-refractivity contribution in [3.63, 3.8) is 0 Å².